The first kappa shape index (κ1) is 16.0. The Bertz CT molecular complexity index is 489. The summed E-state index contributed by atoms with van der Waals surface area (Å²) in [7, 11) is 0. The molecule has 0 saturated carbocycles. The van der Waals surface area contributed by atoms with Crippen molar-refractivity contribution in [2.45, 2.75) is 46.6 Å². The third-order valence-corrected chi connectivity index (χ3v) is 3.10. The van der Waals surface area contributed by atoms with Gasteiger partial charge in [-0.05, 0) is 38.3 Å². The maximum Gasteiger partial charge on any atom is 0.326 e. The highest BCUT2D eigenvalue weighted by Gasteiger charge is 2.19. The van der Waals surface area contributed by atoms with E-state index in [0.717, 1.165) is 22.4 Å². The average molecular weight is 278 g/mol. The average Bonchev–Trinajstić information content (AvgIpc) is 2.33. The third kappa shape index (κ3) is 4.26. The van der Waals surface area contributed by atoms with Crippen molar-refractivity contribution in [1.82, 2.24) is 5.32 Å². The number of carboxylic acids is 1. The molecule has 20 heavy (non-hydrogen) atoms. The standard InChI is InChI=1S/C15H22N2O3/c1-5-6-12(14(18)19)16-15(20)17-13-10(3)7-9(2)8-11(13)4/h7-8,12H,5-6H2,1-4H3,(H,18,19)(H2,16,17,20). The Balaban J connectivity index is 2.78. The molecule has 0 aliphatic heterocycles. The van der Waals surface area contributed by atoms with Gasteiger partial charge in [0.05, 0.1) is 0 Å². The van der Waals surface area contributed by atoms with E-state index in [1.807, 2.05) is 39.8 Å². The predicted octanol–water partition coefficient (Wildman–Crippen LogP) is 2.99. The van der Waals surface area contributed by atoms with E-state index in [-0.39, 0.29) is 0 Å². The number of urea groups is 1. The van der Waals surface area contributed by atoms with Gasteiger partial charge < -0.3 is 15.7 Å². The Morgan fingerprint density at radius 3 is 2.20 bits per heavy atom. The van der Waals surface area contributed by atoms with Crippen molar-refractivity contribution in [2.75, 3.05) is 5.32 Å². The number of aryl methyl sites for hydroxylation is 3. The van der Waals surface area contributed by atoms with Crippen LogP contribution in [0, 0.1) is 20.8 Å². The molecule has 1 unspecified atom stereocenters. The van der Waals surface area contributed by atoms with E-state index in [1.165, 1.54) is 0 Å². The second kappa shape index (κ2) is 6.93. The number of amides is 2. The number of carboxylic acid groups (broad SMARTS) is 1. The van der Waals surface area contributed by atoms with E-state index in [0.29, 0.717) is 12.8 Å². The summed E-state index contributed by atoms with van der Waals surface area (Å²) in [4.78, 5) is 22.9. The van der Waals surface area contributed by atoms with Gasteiger partial charge in [0.1, 0.15) is 6.04 Å². The quantitative estimate of drug-likeness (QED) is 0.774. The van der Waals surface area contributed by atoms with Crippen LogP contribution < -0.4 is 10.6 Å². The Labute approximate surface area is 119 Å². The molecular weight excluding hydrogens is 256 g/mol. The van der Waals surface area contributed by atoms with Crippen molar-refractivity contribution in [3.05, 3.63) is 28.8 Å². The van der Waals surface area contributed by atoms with Crippen molar-refractivity contribution in [3.63, 3.8) is 0 Å². The van der Waals surface area contributed by atoms with Crippen molar-refractivity contribution in [2.24, 2.45) is 0 Å². The van der Waals surface area contributed by atoms with Crippen LogP contribution in [0.3, 0.4) is 0 Å². The topological polar surface area (TPSA) is 78.4 Å². The number of nitrogens with one attached hydrogen (secondary N) is 2. The molecular formula is C15H22N2O3. The maximum atomic E-state index is 11.9. The lowest BCUT2D eigenvalue weighted by Crippen LogP contribution is -2.43. The third-order valence-electron chi connectivity index (χ3n) is 3.10. The summed E-state index contributed by atoms with van der Waals surface area (Å²) in [5.74, 6) is -1.01. The van der Waals surface area contributed by atoms with E-state index in [9.17, 15) is 9.59 Å². The highest BCUT2D eigenvalue weighted by molar-refractivity contribution is 5.93. The molecule has 0 heterocycles. The SMILES string of the molecule is CCCC(NC(=O)Nc1c(C)cc(C)cc1C)C(=O)O. The van der Waals surface area contributed by atoms with Crippen LogP contribution in [0.5, 0.6) is 0 Å². The molecule has 110 valence electrons. The summed E-state index contributed by atoms with van der Waals surface area (Å²) in [6.45, 7) is 7.70. The summed E-state index contributed by atoms with van der Waals surface area (Å²) in [5, 5.41) is 14.2. The molecule has 0 aromatic heterocycles. The summed E-state index contributed by atoms with van der Waals surface area (Å²) >= 11 is 0. The Morgan fingerprint density at radius 2 is 1.75 bits per heavy atom. The van der Waals surface area contributed by atoms with Gasteiger partial charge in [-0.25, -0.2) is 9.59 Å². The number of carbonyl (C=O) groups excluding carboxylic acids is 1. The van der Waals surface area contributed by atoms with Crippen LogP contribution in [-0.2, 0) is 4.79 Å². The van der Waals surface area contributed by atoms with Gasteiger partial charge in [-0.3, -0.25) is 0 Å². The summed E-state index contributed by atoms with van der Waals surface area (Å²) in [6, 6.07) is 2.61. The van der Waals surface area contributed by atoms with Gasteiger partial charge in [-0.2, -0.15) is 0 Å². The van der Waals surface area contributed by atoms with Gasteiger partial charge >= 0.3 is 12.0 Å². The predicted molar refractivity (Wildman–Crippen MR) is 79.1 cm³/mol. The fourth-order valence-electron chi connectivity index (χ4n) is 2.23. The first-order valence-corrected chi connectivity index (χ1v) is 6.73. The minimum atomic E-state index is -1.01. The lowest BCUT2D eigenvalue weighted by molar-refractivity contribution is -0.139. The minimum Gasteiger partial charge on any atom is -0.480 e. The number of hydrogen-bond donors (Lipinski definition) is 3. The molecule has 0 radical (unpaired) electrons. The fraction of sp³-hybridized carbons (Fsp3) is 0.467. The zero-order valence-corrected chi connectivity index (χ0v) is 12.4. The summed E-state index contributed by atoms with van der Waals surface area (Å²) in [6.07, 6.45) is 1.11. The molecule has 0 spiro atoms. The van der Waals surface area contributed by atoms with Gasteiger partial charge in [-0.15, -0.1) is 0 Å². The van der Waals surface area contributed by atoms with Crippen LogP contribution in [0.2, 0.25) is 0 Å². The second-order valence-corrected chi connectivity index (χ2v) is 5.05. The molecule has 0 aliphatic carbocycles. The largest absolute Gasteiger partial charge is 0.480 e. The molecule has 1 aromatic rings. The van der Waals surface area contributed by atoms with Gasteiger partial charge in [-0.1, -0.05) is 31.0 Å². The molecule has 5 heteroatoms. The van der Waals surface area contributed by atoms with Crippen LogP contribution in [0.1, 0.15) is 36.5 Å². The van der Waals surface area contributed by atoms with Crippen molar-refractivity contribution in [1.29, 1.82) is 0 Å². The second-order valence-electron chi connectivity index (χ2n) is 5.05. The molecule has 5 nitrogen and oxygen atoms in total. The van der Waals surface area contributed by atoms with E-state index in [1.54, 1.807) is 0 Å². The molecule has 0 aliphatic rings. The summed E-state index contributed by atoms with van der Waals surface area (Å²) < 4.78 is 0. The lowest BCUT2D eigenvalue weighted by atomic mass is 10.1. The van der Waals surface area contributed by atoms with Crippen LogP contribution in [0.25, 0.3) is 0 Å². The number of benzene rings is 1. The van der Waals surface area contributed by atoms with E-state index < -0.39 is 18.0 Å². The number of hydrogen-bond acceptors (Lipinski definition) is 2. The smallest absolute Gasteiger partial charge is 0.326 e. The van der Waals surface area contributed by atoms with Gasteiger partial charge in [0, 0.05) is 5.69 Å². The van der Waals surface area contributed by atoms with Gasteiger partial charge in [0.25, 0.3) is 0 Å². The number of aliphatic carboxylic acids is 1. The zero-order valence-electron chi connectivity index (χ0n) is 12.4. The number of carbonyl (C=O) groups is 2. The molecule has 3 N–H and O–H groups in total. The normalized spacial score (nSPS) is 11.8. The van der Waals surface area contributed by atoms with Crippen LogP contribution in [-0.4, -0.2) is 23.1 Å². The number of anilines is 1. The van der Waals surface area contributed by atoms with Crippen LogP contribution >= 0.6 is 0 Å². The fourth-order valence-corrected chi connectivity index (χ4v) is 2.23. The maximum absolute atomic E-state index is 11.9. The first-order valence-electron chi connectivity index (χ1n) is 6.73. The lowest BCUT2D eigenvalue weighted by Gasteiger charge is -2.17. The number of rotatable bonds is 5. The molecule has 1 aromatic carbocycles. The zero-order chi connectivity index (χ0) is 15.3. The van der Waals surface area contributed by atoms with Crippen molar-refractivity contribution < 1.29 is 14.7 Å². The highest BCUT2D eigenvalue weighted by atomic mass is 16.4. The molecule has 0 saturated heterocycles. The Kier molecular flexibility index (Phi) is 5.55. The molecule has 1 atom stereocenters. The monoisotopic (exact) mass is 278 g/mol. The Morgan fingerprint density at radius 1 is 1.20 bits per heavy atom. The van der Waals surface area contributed by atoms with E-state index >= 15 is 0 Å². The molecule has 0 bridgehead atoms. The summed E-state index contributed by atoms with van der Waals surface area (Å²) in [5.41, 5.74) is 3.77. The minimum absolute atomic E-state index is 0.411. The highest BCUT2D eigenvalue weighted by Crippen LogP contribution is 2.21. The van der Waals surface area contributed by atoms with Crippen LogP contribution in [0.15, 0.2) is 12.1 Å². The Hall–Kier alpha value is -2.04. The van der Waals surface area contributed by atoms with E-state index in [2.05, 4.69) is 10.6 Å². The molecule has 2 amide bonds. The van der Waals surface area contributed by atoms with Gasteiger partial charge in [0.15, 0.2) is 0 Å². The van der Waals surface area contributed by atoms with Crippen molar-refractivity contribution in [3.8, 4) is 0 Å². The molecule has 1 rings (SSSR count). The van der Waals surface area contributed by atoms with Gasteiger partial charge in [0.2, 0.25) is 0 Å². The van der Waals surface area contributed by atoms with E-state index in [4.69, 9.17) is 5.11 Å². The first-order chi connectivity index (χ1) is 9.35. The van der Waals surface area contributed by atoms with Crippen LogP contribution in [0.4, 0.5) is 10.5 Å². The van der Waals surface area contributed by atoms with Crippen molar-refractivity contribution >= 4 is 17.7 Å². The molecule has 0 fully saturated rings.